The van der Waals surface area contributed by atoms with Crippen LogP contribution in [0.4, 0.5) is 0 Å². The summed E-state index contributed by atoms with van der Waals surface area (Å²) >= 11 is 0. The Morgan fingerprint density at radius 2 is 1.68 bits per heavy atom. The Hall–Kier alpha value is -3.00. The maximum Gasteiger partial charge on any atom is 0.331 e. The van der Waals surface area contributed by atoms with Gasteiger partial charge in [-0.05, 0) is 18.1 Å². The lowest BCUT2D eigenvalue weighted by Gasteiger charge is -2.16. The molecule has 1 atom stereocenters. The Morgan fingerprint density at radius 3 is 2.36 bits per heavy atom. The van der Waals surface area contributed by atoms with Crippen molar-refractivity contribution in [2.45, 2.75) is 24.8 Å². The summed E-state index contributed by atoms with van der Waals surface area (Å²) in [6.07, 6.45) is 0. The van der Waals surface area contributed by atoms with E-state index in [2.05, 4.69) is 9.71 Å². The van der Waals surface area contributed by atoms with Crippen LogP contribution in [0.15, 0.2) is 64.5 Å². The Morgan fingerprint density at radius 1 is 1.04 bits per heavy atom. The van der Waals surface area contributed by atoms with Gasteiger partial charge in [-0.2, -0.15) is 0 Å². The van der Waals surface area contributed by atoms with E-state index in [0.717, 1.165) is 0 Å². The number of fused-ring (bicyclic) bond motifs is 1. The van der Waals surface area contributed by atoms with Crippen molar-refractivity contribution in [1.82, 2.24) is 4.72 Å². The van der Waals surface area contributed by atoms with Crippen LogP contribution in [0.2, 0.25) is 0 Å². The second kappa shape index (κ2) is 7.93. The van der Waals surface area contributed by atoms with Crippen molar-refractivity contribution in [2.24, 2.45) is 10.9 Å². The molecule has 1 N–H and O–H groups in total. The highest BCUT2D eigenvalue weighted by molar-refractivity contribution is 7.90. The molecular weight excluding hydrogens is 380 g/mol. The van der Waals surface area contributed by atoms with Crippen molar-refractivity contribution in [3.05, 3.63) is 65.7 Å². The first-order valence-corrected chi connectivity index (χ1v) is 10.2. The standard InChI is InChI=1S/C20H20N2O5S/c1-13(2)18(20(24)27-12-16(23)14-8-4-3-5-9-14)21-19-15-10-6-7-11-17(15)28(25,26)22-19/h3-11,13,18H,12H2,1-2H3,(H,21,22)/t18-/m0/s1. The van der Waals surface area contributed by atoms with Crippen molar-refractivity contribution in [2.75, 3.05) is 6.61 Å². The van der Waals surface area contributed by atoms with Crippen LogP contribution >= 0.6 is 0 Å². The fourth-order valence-corrected chi connectivity index (χ4v) is 4.01. The lowest BCUT2D eigenvalue weighted by molar-refractivity contribution is -0.145. The number of Topliss-reactive ketones (excluding diaryl/α,β-unsaturated/α-hetero) is 1. The molecule has 1 heterocycles. The molecule has 0 aromatic heterocycles. The van der Waals surface area contributed by atoms with E-state index >= 15 is 0 Å². The number of nitrogens with one attached hydrogen (secondary N) is 1. The summed E-state index contributed by atoms with van der Waals surface area (Å²) < 4.78 is 31.9. The Labute approximate surface area is 163 Å². The van der Waals surface area contributed by atoms with Gasteiger partial charge >= 0.3 is 5.97 Å². The average Bonchev–Trinajstić information content (AvgIpc) is 2.95. The molecular formula is C20H20N2O5S. The van der Waals surface area contributed by atoms with E-state index < -0.39 is 28.6 Å². The van der Waals surface area contributed by atoms with Gasteiger partial charge in [0.25, 0.3) is 10.0 Å². The quantitative estimate of drug-likeness (QED) is 0.591. The molecule has 0 amide bonds. The first-order valence-electron chi connectivity index (χ1n) is 8.74. The third kappa shape index (κ3) is 4.12. The number of amidine groups is 1. The summed E-state index contributed by atoms with van der Waals surface area (Å²) in [4.78, 5) is 29.1. The van der Waals surface area contributed by atoms with Crippen LogP contribution in [0, 0.1) is 5.92 Å². The molecule has 0 radical (unpaired) electrons. The van der Waals surface area contributed by atoms with Crippen LogP contribution in [0.5, 0.6) is 0 Å². The van der Waals surface area contributed by atoms with E-state index in [4.69, 9.17) is 4.74 Å². The molecule has 1 aliphatic rings. The summed E-state index contributed by atoms with van der Waals surface area (Å²) in [6, 6.07) is 14.0. The monoisotopic (exact) mass is 400 g/mol. The van der Waals surface area contributed by atoms with Crippen LogP contribution in [0.25, 0.3) is 0 Å². The van der Waals surface area contributed by atoms with Crippen LogP contribution in [0.3, 0.4) is 0 Å². The molecule has 0 aliphatic carbocycles. The molecule has 2 aromatic rings. The van der Waals surface area contributed by atoms with Gasteiger partial charge in [-0.25, -0.2) is 13.2 Å². The number of sulfonamides is 1. The lowest BCUT2D eigenvalue weighted by Crippen LogP contribution is -2.32. The maximum absolute atomic E-state index is 12.5. The van der Waals surface area contributed by atoms with Gasteiger partial charge in [0, 0.05) is 11.1 Å². The summed E-state index contributed by atoms with van der Waals surface area (Å²) in [5.74, 6) is -1.17. The van der Waals surface area contributed by atoms with E-state index in [1.807, 2.05) is 0 Å². The van der Waals surface area contributed by atoms with Crippen molar-refractivity contribution < 1.29 is 22.7 Å². The number of ether oxygens (including phenoxy) is 1. The zero-order valence-electron chi connectivity index (χ0n) is 15.5. The second-order valence-corrected chi connectivity index (χ2v) is 8.32. The van der Waals surface area contributed by atoms with E-state index in [0.29, 0.717) is 11.1 Å². The summed E-state index contributed by atoms with van der Waals surface area (Å²) in [6.45, 7) is 3.13. The predicted molar refractivity (Wildman–Crippen MR) is 104 cm³/mol. The molecule has 1 aliphatic heterocycles. The fraction of sp³-hybridized carbons (Fsp3) is 0.250. The smallest absolute Gasteiger partial charge is 0.331 e. The topological polar surface area (TPSA) is 102 Å². The van der Waals surface area contributed by atoms with Crippen LogP contribution < -0.4 is 4.72 Å². The molecule has 7 nitrogen and oxygen atoms in total. The van der Waals surface area contributed by atoms with E-state index in [-0.39, 0.29) is 22.4 Å². The van der Waals surface area contributed by atoms with Gasteiger partial charge in [-0.1, -0.05) is 56.3 Å². The minimum Gasteiger partial charge on any atom is -0.456 e. The van der Waals surface area contributed by atoms with E-state index in [9.17, 15) is 18.0 Å². The Balaban J connectivity index is 1.78. The first-order chi connectivity index (χ1) is 13.3. The van der Waals surface area contributed by atoms with Crippen LogP contribution in [0.1, 0.15) is 29.8 Å². The summed E-state index contributed by atoms with van der Waals surface area (Å²) in [5, 5.41) is 0. The molecule has 0 fully saturated rings. The molecule has 2 aromatic carbocycles. The Bertz CT molecular complexity index is 1030. The third-order valence-corrected chi connectivity index (χ3v) is 5.64. The fourth-order valence-electron chi connectivity index (χ4n) is 2.77. The second-order valence-electron chi connectivity index (χ2n) is 6.67. The summed E-state index contributed by atoms with van der Waals surface area (Å²) in [5.41, 5.74) is 0.849. The molecule has 0 spiro atoms. The SMILES string of the molecule is CC(C)[C@H](N=C1NS(=O)(=O)c2ccccc21)C(=O)OCC(=O)c1ccccc1. The van der Waals surface area contributed by atoms with Crippen molar-refractivity contribution in [3.8, 4) is 0 Å². The molecule has 3 rings (SSSR count). The molecule has 0 saturated carbocycles. The predicted octanol–water partition coefficient (Wildman–Crippen LogP) is 2.18. The van der Waals surface area contributed by atoms with Gasteiger partial charge in [-0.15, -0.1) is 0 Å². The number of esters is 1. The normalized spacial score (nSPS) is 17.0. The number of carbonyl (C=O) groups is 2. The summed E-state index contributed by atoms with van der Waals surface area (Å²) in [7, 11) is -3.70. The van der Waals surface area contributed by atoms with E-state index in [1.165, 1.54) is 6.07 Å². The molecule has 8 heteroatoms. The van der Waals surface area contributed by atoms with E-state index in [1.54, 1.807) is 62.4 Å². The van der Waals surface area contributed by atoms with Crippen molar-refractivity contribution >= 4 is 27.6 Å². The van der Waals surface area contributed by atoms with Gasteiger partial charge in [0.05, 0.1) is 4.90 Å². The van der Waals surface area contributed by atoms with Crippen molar-refractivity contribution in [1.29, 1.82) is 0 Å². The van der Waals surface area contributed by atoms with Gasteiger partial charge in [0.15, 0.2) is 18.4 Å². The number of rotatable bonds is 6. The highest BCUT2D eigenvalue weighted by atomic mass is 32.2. The zero-order chi connectivity index (χ0) is 20.3. The molecule has 146 valence electrons. The van der Waals surface area contributed by atoms with Crippen molar-refractivity contribution in [3.63, 3.8) is 0 Å². The number of aliphatic imine (C=N–C) groups is 1. The molecule has 0 unspecified atom stereocenters. The molecule has 0 saturated heterocycles. The minimum atomic E-state index is -3.70. The Kier molecular flexibility index (Phi) is 5.60. The molecule has 0 bridgehead atoms. The van der Waals surface area contributed by atoms with Gasteiger partial charge in [0.2, 0.25) is 0 Å². The lowest BCUT2D eigenvalue weighted by atomic mass is 10.0. The number of ketones is 1. The number of hydrogen-bond donors (Lipinski definition) is 1. The largest absolute Gasteiger partial charge is 0.456 e. The van der Waals surface area contributed by atoms with Gasteiger partial charge in [-0.3, -0.25) is 14.5 Å². The highest BCUT2D eigenvalue weighted by Crippen LogP contribution is 2.23. The van der Waals surface area contributed by atoms with Gasteiger partial charge in [0.1, 0.15) is 5.84 Å². The number of hydrogen-bond acceptors (Lipinski definition) is 6. The minimum absolute atomic E-state index is 0.0978. The zero-order valence-corrected chi connectivity index (χ0v) is 16.3. The van der Waals surface area contributed by atoms with Crippen LogP contribution in [-0.4, -0.2) is 38.7 Å². The number of nitrogens with zero attached hydrogens (tertiary/aromatic N) is 1. The third-order valence-electron chi connectivity index (χ3n) is 4.25. The number of carbonyl (C=O) groups excluding carboxylic acids is 2. The molecule has 28 heavy (non-hydrogen) atoms. The first kappa shape index (κ1) is 19.8. The highest BCUT2D eigenvalue weighted by Gasteiger charge is 2.33. The van der Waals surface area contributed by atoms with Crippen LogP contribution in [-0.2, 0) is 19.6 Å². The number of benzene rings is 2. The van der Waals surface area contributed by atoms with Gasteiger partial charge < -0.3 is 4.74 Å². The maximum atomic E-state index is 12.5. The average molecular weight is 400 g/mol.